The van der Waals surface area contributed by atoms with Gasteiger partial charge in [0.25, 0.3) is 5.91 Å². The second-order valence-corrected chi connectivity index (χ2v) is 5.30. The zero-order chi connectivity index (χ0) is 16.1. The van der Waals surface area contributed by atoms with Crippen LogP contribution in [-0.4, -0.2) is 34.1 Å². The number of nitrogens with zero attached hydrogens (tertiary/aromatic N) is 3. The van der Waals surface area contributed by atoms with Crippen LogP contribution in [0.5, 0.6) is 0 Å². The van der Waals surface area contributed by atoms with E-state index in [0.717, 1.165) is 11.3 Å². The Hall–Kier alpha value is -2.14. The Bertz CT molecular complexity index is 654. The minimum absolute atomic E-state index is 0.105. The molecule has 0 unspecified atom stereocenters. The van der Waals surface area contributed by atoms with Gasteiger partial charge in [0, 0.05) is 23.8 Å². The maximum Gasteiger partial charge on any atom is 0.274 e. The first-order chi connectivity index (χ1) is 10.5. The molecule has 1 heterocycles. The molecule has 116 valence electrons. The second-order valence-electron chi connectivity index (χ2n) is 4.87. The minimum Gasteiger partial charge on any atom is -0.339 e. The van der Waals surface area contributed by atoms with Gasteiger partial charge in [0.1, 0.15) is 0 Å². The van der Waals surface area contributed by atoms with Crippen LogP contribution in [0.2, 0.25) is 5.02 Å². The quantitative estimate of drug-likeness (QED) is 0.914. The van der Waals surface area contributed by atoms with E-state index in [1.165, 1.54) is 0 Å². The normalized spacial score (nSPS) is 10.4. The summed E-state index contributed by atoms with van der Waals surface area (Å²) in [6.45, 7) is 7.14. The van der Waals surface area contributed by atoms with Crippen LogP contribution in [0, 0.1) is 6.92 Å². The van der Waals surface area contributed by atoms with Gasteiger partial charge in [0.15, 0.2) is 11.5 Å². The van der Waals surface area contributed by atoms with Crippen LogP contribution in [0.1, 0.15) is 29.9 Å². The highest BCUT2D eigenvalue weighted by molar-refractivity contribution is 6.30. The molecule has 1 N–H and O–H groups in total. The van der Waals surface area contributed by atoms with Gasteiger partial charge in [0.05, 0.1) is 0 Å². The average Bonchev–Trinajstić information content (AvgIpc) is 2.52. The van der Waals surface area contributed by atoms with Gasteiger partial charge in [-0.15, -0.1) is 10.2 Å². The first-order valence-electron chi connectivity index (χ1n) is 7.21. The summed E-state index contributed by atoms with van der Waals surface area (Å²) in [6, 6.07) is 8.99. The molecule has 1 amide bonds. The standard InChI is InChI=1S/C16H19ClN4O/c1-4-21(5-2)16(22)14-8-9-15(20-19-14)18-13-7-6-12(17)10-11(13)3/h6-10H,4-5H2,1-3H3,(H,18,20). The van der Waals surface area contributed by atoms with Crippen molar-refractivity contribution in [1.82, 2.24) is 15.1 Å². The number of amides is 1. The van der Waals surface area contributed by atoms with Crippen molar-refractivity contribution >= 4 is 29.0 Å². The molecular formula is C16H19ClN4O. The Balaban J connectivity index is 2.13. The zero-order valence-electron chi connectivity index (χ0n) is 12.9. The molecule has 0 radical (unpaired) electrons. The number of anilines is 2. The summed E-state index contributed by atoms with van der Waals surface area (Å²) in [5.74, 6) is 0.480. The number of rotatable bonds is 5. The van der Waals surface area contributed by atoms with E-state index in [1.807, 2.05) is 39.0 Å². The highest BCUT2D eigenvalue weighted by Gasteiger charge is 2.14. The molecule has 0 spiro atoms. The lowest BCUT2D eigenvalue weighted by molar-refractivity contribution is 0.0766. The van der Waals surface area contributed by atoms with Crippen molar-refractivity contribution in [3.05, 3.63) is 46.6 Å². The Labute approximate surface area is 135 Å². The molecule has 0 bridgehead atoms. The summed E-state index contributed by atoms with van der Waals surface area (Å²) in [7, 11) is 0. The van der Waals surface area contributed by atoms with Gasteiger partial charge in [-0.3, -0.25) is 4.79 Å². The molecule has 0 aliphatic rings. The van der Waals surface area contributed by atoms with Crippen molar-refractivity contribution in [2.45, 2.75) is 20.8 Å². The molecule has 0 aliphatic carbocycles. The lowest BCUT2D eigenvalue weighted by Crippen LogP contribution is -2.31. The van der Waals surface area contributed by atoms with Gasteiger partial charge in [0.2, 0.25) is 0 Å². The van der Waals surface area contributed by atoms with Crippen molar-refractivity contribution in [1.29, 1.82) is 0 Å². The predicted molar refractivity (Wildman–Crippen MR) is 88.8 cm³/mol. The predicted octanol–water partition coefficient (Wildman–Crippen LogP) is 3.66. The monoisotopic (exact) mass is 318 g/mol. The molecule has 0 atom stereocenters. The molecular weight excluding hydrogens is 300 g/mol. The average molecular weight is 319 g/mol. The smallest absolute Gasteiger partial charge is 0.274 e. The number of benzene rings is 1. The Morgan fingerprint density at radius 1 is 1.18 bits per heavy atom. The number of hydrogen-bond donors (Lipinski definition) is 1. The summed E-state index contributed by atoms with van der Waals surface area (Å²) < 4.78 is 0. The van der Waals surface area contributed by atoms with Gasteiger partial charge in [-0.2, -0.15) is 0 Å². The minimum atomic E-state index is -0.105. The van der Waals surface area contributed by atoms with Crippen molar-refractivity contribution in [2.75, 3.05) is 18.4 Å². The van der Waals surface area contributed by atoms with Crippen LogP contribution in [0.4, 0.5) is 11.5 Å². The van der Waals surface area contributed by atoms with E-state index in [9.17, 15) is 4.79 Å². The summed E-state index contributed by atoms with van der Waals surface area (Å²) >= 11 is 5.93. The largest absolute Gasteiger partial charge is 0.339 e. The van der Waals surface area contributed by atoms with Crippen molar-refractivity contribution in [2.24, 2.45) is 0 Å². The Morgan fingerprint density at radius 2 is 1.91 bits per heavy atom. The van der Waals surface area contributed by atoms with Gasteiger partial charge in [-0.25, -0.2) is 0 Å². The van der Waals surface area contributed by atoms with E-state index in [2.05, 4.69) is 15.5 Å². The molecule has 2 rings (SSSR count). The number of carbonyl (C=O) groups excluding carboxylic acids is 1. The molecule has 5 nitrogen and oxygen atoms in total. The molecule has 0 aliphatic heterocycles. The zero-order valence-corrected chi connectivity index (χ0v) is 13.7. The van der Waals surface area contributed by atoms with Gasteiger partial charge >= 0.3 is 0 Å². The van der Waals surface area contributed by atoms with E-state index in [-0.39, 0.29) is 5.91 Å². The molecule has 1 aromatic heterocycles. The van der Waals surface area contributed by atoms with Crippen LogP contribution < -0.4 is 5.32 Å². The van der Waals surface area contributed by atoms with Crippen LogP contribution in [0.3, 0.4) is 0 Å². The fourth-order valence-electron chi connectivity index (χ4n) is 2.09. The summed E-state index contributed by atoms with van der Waals surface area (Å²) in [5.41, 5.74) is 2.26. The topological polar surface area (TPSA) is 58.1 Å². The molecule has 6 heteroatoms. The molecule has 0 fully saturated rings. The first kappa shape index (κ1) is 16.2. The van der Waals surface area contributed by atoms with Crippen molar-refractivity contribution in [3.8, 4) is 0 Å². The molecule has 1 aromatic carbocycles. The van der Waals surface area contributed by atoms with Gasteiger partial charge in [-0.05, 0) is 56.7 Å². The molecule has 0 saturated heterocycles. The number of nitrogens with one attached hydrogen (secondary N) is 1. The first-order valence-corrected chi connectivity index (χ1v) is 7.59. The lowest BCUT2D eigenvalue weighted by Gasteiger charge is -2.17. The highest BCUT2D eigenvalue weighted by atomic mass is 35.5. The van der Waals surface area contributed by atoms with E-state index in [4.69, 9.17) is 11.6 Å². The van der Waals surface area contributed by atoms with Crippen LogP contribution in [0.15, 0.2) is 30.3 Å². The van der Waals surface area contributed by atoms with Gasteiger partial charge in [-0.1, -0.05) is 11.6 Å². The fourth-order valence-corrected chi connectivity index (χ4v) is 2.32. The molecule has 2 aromatic rings. The summed E-state index contributed by atoms with van der Waals surface area (Å²) in [5, 5.41) is 11.9. The van der Waals surface area contributed by atoms with Crippen molar-refractivity contribution in [3.63, 3.8) is 0 Å². The maximum atomic E-state index is 12.2. The molecule has 0 saturated carbocycles. The van der Waals surface area contributed by atoms with E-state index in [0.29, 0.717) is 29.6 Å². The molecule has 22 heavy (non-hydrogen) atoms. The van der Waals surface area contributed by atoms with E-state index < -0.39 is 0 Å². The number of carbonyl (C=O) groups is 1. The third kappa shape index (κ3) is 3.74. The van der Waals surface area contributed by atoms with Gasteiger partial charge < -0.3 is 10.2 Å². The Morgan fingerprint density at radius 3 is 2.45 bits per heavy atom. The Kier molecular flexibility index (Phi) is 5.33. The highest BCUT2D eigenvalue weighted by Crippen LogP contribution is 2.22. The third-order valence-corrected chi connectivity index (χ3v) is 3.62. The van der Waals surface area contributed by atoms with Crippen LogP contribution in [0.25, 0.3) is 0 Å². The number of aryl methyl sites for hydroxylation is 1. The van der Waals surface area contributed by atoms with Crippen LogP contribution in [-0.2, 0) is 0 Å². The maximum absolute atomic E-state index is 12.2. The van der Waals surface area contributed by atoms with Crippen molar-refractivity contribution < 1.29 is 4.79 Å². The lowest BCUT2D eigenvalue weighted by atomic mass is 10.2. The number of hydrogen-bond acceptors (Lipinski definition) is 4. The fraction of sp³-hybridized carbons (Fsp3) is 0.312. The van der Waals surface area contributed by atoms with E-state index in [1.54, 1.807) is 17.0 Å². The number of aromatic nitrogens is 2. The SMILES string of the molecule is CCN(CC)C(=O)c1ccc(Nc2ccc(Cl)cc2C)nn1. The summed E-state index contributed by atoms with van der Waals surface area (Å²) in [6.07, 6.45) is 0. The second kappa shape index (κ2) is 7.22. The van der Waals surface area contributed by atoms with E-state index >= 15 is 0 Å². The summed E-state index contributed by atoms with van der Waals surface area (Å²) in [4.78, 5) is 13.9. The van der Waals surface area contributed by atoms with Crippen LogP contribution >= 0.6 is 11.6 Å². The number of halogens is 1. The third-order valence-electron chi connectivity index (χ3n) is 3.39.